The molecule has 6 heteroatoms. The molecule has 0 unspecified atom stereocenters. The third kappa shape index (κ3) is 3.94. The Morgan fingerprint density at radius 3 is 1.62 bits per heavy atom. The van der Waals surface area contributed by atoms with E-state index in [0.29, 0.717) is 0 Å². The summed E-state index contributed by atoms with van der Waals surface area (Å²) < 4.78 is 19.3. The van der Waals surface area contributed by atoms with Crippen molar-refractivity contribution in [3.05, 3.63) is 170 Å². The van der Waals surface area contributed by atoms with Crippen LogP contribution >= 0.6 is 0 Å². The maximum Gasteiger partial charge on any atom is 0.220 e. The Balaban J connectivity index is 1.02. The van der Waals surface area contributed by atoms with Gasteiger partial charge in [-0.3, -0.25) is 8.97 Å². The summed E-state index contributed by atoms with van der Waals surface area (Å²) in [5.41, 5.74) is 14.6. The number of fused-ring (bicyclic) bond motifs is 14. The van der Waals surface area contributed by atoms with E-state index in [2.05, 4.69) is 159 Å². The van der Waals surface area contributed by atoms with Crippen LogP contribution in [-0.2, 0) is 0 Å². The second-order valence-electron chi connectivity index (χ2n) is 14.4. The van der Waals surface area contributed by atoms with E-state index in [-0.39, 0.29) is 0 Å². The van der Waals surface area contributed by atoms with Crippen molar-refractivity contribution < 1.29 is 8.83 Å². The lowest BCUT2D eigenvalue weighted by Crippen LogP contribution is -1.95. The Bertz CT molecular complexity index is 3740. The quantitative estimate of drug-likeness (QED) is 0.184. The summed E-state index contributed by atoms with van der Waals surface area (Å²) in [5, 5.41) is 6.87. The molecule has 0 aliphatic rings. The number of hydrogen-bond acceptors (Lipinski definition) is 3. The first-order chi connectivity index (χ1) is 27.2. The predicted octanol–water partition coefficient (Wildman–Crippen LogP) is 13.0. The number of benzene rings is 8. The second-order valence-corrected chi connectivity index (χ2v) is 14.4. The molecular weight excluding hydrogens is 677 g/mol. The van der Waals surface area contributed by atoms with Gasteiger partial charge in [-0.05, 0) is 102 Å². The van der Waals surface area contributed by atoms with Gasteiger partial charge in [-0.2, -0.15) is 0 Å². The van der Waals surface area contributed by atoms with Gasteiger partial charge in [0.05, 0.1) is 38.8 Å². The zero-order valence-electron chi connectivity index (χ0n) is 29.3. The van der Waals surface area contributed by atoms with Crippen molar-refractivity contribution in [3.8, 4) is 22.5 Å². The van der Waals surface area contributed by atoms with Crippen LogP contribution in [0.3, 0.4) is 0 Å². The zero-order chi connectivity index (χ0) is 35.8. The highest BCUT2D eigenvalue weighted by Gasteiger charge is 2.20. The minimum absolute atomic E-state index is 0.875. The molecule has 0 bridgehead atoms. The molecule has 8 aromatic carbocycles. The fourth-order valence-electron chi connectivity index (χ4n) is 8.97. The van der Waals surface area contributed by atoms with Gasteiger partial charge >= 0.3 is 0 Å². The number of aromatic nitrogens is 4. The molecule has 0 spiro atoms. The zero-order valence-corrected chi connectivity index (χ0v) is 29.3. The number of nitrogens with zero attached hydrogens (tertiary/aromatic N) is 4. The lowest BCUT2D eigenvalue weighted by molar-refractivity contribution is 0.668. The molecule has 256 valence electrons. The average molecular weight is 705 g/mol. The molecule has 13 aromatic rings. The van der Waals surface area contributed by atoms with Crippen molar-refractivity contribution in [1.29, 1.82) is 0 Å². The Kier molecular flexibility index (Phi) is 5.54. The minimum atomic E-state index is 0.875. The average Bonchev–Trinajstić information content (AvgIpc) is 4.04. The standard InChI is InChI=1S/C49H28N4O2/c1-5-13-40-33(9-1)36-25-29(17-21-41(36)51(40)31-19-23-47-37(27-31)34-10-2-7-15-45(34)54-47)30-18-22-43-44(26-30)53-42-14-6-4-12-39(42)50-49(53)52(43)32-20-24-48-38(28-32)35-11-3-8-16-46(35)55-48/h1-28H. The first-order valence-corrected chi connectivity index (χ1v) is 18.5. The third-order valence-electron chi connectivity index (χ3n) is 11.4. The Morgan fingerprint density at radius 1 is 0.345 bits per heavy atom. The van der Waals surface area contributed by atoms with Crippen molar-refractivity contribution in [2.75, 3.05) is 0 Å². The number of furan rings is 2. The van der Waals surface area contributed by atoms with E-state index in [9.17, 15) is 0 Å². The molecule has 5 aromatic heterocycles. The summed E-state index contributed by atoms with van der Waals surface area (Å²) >= 11 is 0. The van der Waals surface area contributed by atoms with E-state index in [1.54, 1.807) is 0 Å². The Hall–Kier alpha value is -7.57. The molecule has 0 amide bonds. The van der Waals surface area contributed by atoms with Crippen LogP contribution < -0.4 is 0 Å². The minimum Gasteiger partial charge on any atom is -0.456 e. The highest BCUT2D eigenvalue weighted by Crippen LogP contribution is 2.39. The largest absolute Gasteiger partial charge is 0.456 e. The molecule has 6 nitrogen and oxygen atoms in total. The number of imidazole rings is 2. The van der Waals surface area contributed by atoms with Crippen LogP contribution in [0.2, 0.25) is 0 Å². The summed E-state index contributed by atoms with van der Waals surface area (Å²) in [6, 6.07) is 60.2. The number of hydrogen-bond donors (Lipinski definition) is 0. The molecule has 0 atom stereocenters. The summed E-state index contributed by atoms with van der Waals surface area (Å²) in [7, 11) is 0. The first-order valence-electron chi connectivity index (χ1n) is 18.5. The van der Waals surface area contributed by atoms with Gasteiger partial charge in [-0.25, -0.2) is 4.98 Å². The molecule has 55 heavy (non-hydrogen) atoms. The van der Waals surface area contributed by atoms with E-state index in [1.807, 2.05) is 24.3 Å². The Labute approximate surface area is 312 Å². The number of rotatable bonds is 3. The topological polar surface area (TPSA) is 53.4 Å². The summed E-state index contributed by atoms with van der Waals surface area (Å²) in [6.45, 7) is 0. The second kappa shape index (κ2) is 10.5. The van der Waals surface area contributed by atoms with Gasteiger partial charge in [0.25, 0.3) is 0 Å². The van der Waals surface area contributed by atoms with Crippen molar-refractivity contribution in [1.82, 2.24) is 18.5 Å². The van der Waals surface area contributed by atoms with E-state index in [1.165, 1.54) is 16.3 Å². The van der Waals surface area contributed by atoms with E-state index in [0.717, 1.165) is 99.7 Å². The molecule has 13 rings (SSSR count). The Morgan fingerprint density at radius 2 is 0.891 bits per heavy atom. The van der Waals surface area contributed by atoms with Crippen LogP contribution in [0.5, 0.6) is 0 Å². The summed E-state index contributed by atoms with van der Waals surface area (Å²) in [5.74, 6) is 0.876. The molecule has 0 aliphatic carbocycles. The molecule has 0 fully saturated rings. The van der Waals surface area contributed by atoms with Crippen molar-refractivity contribution in [2.24, 2.45) is 0 Å². The van der Waals surface area contributed by atoms with E-state index in [4.69, 9.17) is 13.8 Å². The van der Waals surface area contributed by atoms with Crippen LogP contribution in [0.1, 0.15) is 0 Å². The van der Waals surface area contributed by atoms with Crippen molar-refractivity contribution >= 4 is 93.5 Å². The summed E-state index contributed by atoms with van der Waals surface area (Å²) in [6.07, 6.45) is 0. The smallest absolute Gasteiger partial charge is 0.220 e. The normalized spacial score (nSPS) is 12.4. The first kappa shape index (κ1) is 28.9. The SMILES string of the molecule is c1ccc2c(c1)nc1n(-c3ccc4oc5ccccc5c4c3)c3ccc(-c4ccc5c(c4)c4ccccc4n5-c4ccc5oc6ccccc6c5c4)cc3n21. The molecule has 0 saturated carbocycles. The van der Waals surface area contributed by atoms with Crippen LogP contribution in [0.4, 0.5) is 0 Å². The molecule has 0 radical (unpaired) electrons. The van der Waals surface area contributed by atoms with Gasteiger partial charge in [0, 0.05) is 38.0 Å². The monoisotopic (exact) mass is 704 g/mol. The highest BCUT2D eigenvalue weighted by atomic mass is 16.3. The summed E-state index contributed by atoms with van der Waals surface area (Å²) in [4.78, 5) is 5.19. The van der Waals surface area contributed by atoms with Gasteiger partial charge in [-0.15, -0.1) is 0 Å². The van der Waals surface area contributed by atoms with E-state index >= 15 is 0 Å². The number of para-hydroxylation sites is 5. The highest BCUT2D eigenvalue weighted by molar-refractivity contribution is 6.12. The maximum absolute atomic E-state index is 6.19. The van der Waals surface area contributed by atoms with Gasteiger partial charge < -0.3 is 13.4 Å². The van der Waals surface area contributed by atoms with Crippen LogP contribution in [0, 0.1) is 0 Å². The fourth-order valence-corrected chi connectivity index (χ4v) is 8.97. The van der Waals surface area contributed by atoms with Gasteiger partial charge in [0.2, 0.25) is 5.78 Å². The lowest BCUT2D eigenvalue weighted by atomic mass is 10.0. The fraction of sp³-hybridized carbons (Fsp3) is 0. The van der Waals surface area contributed by atoms with Gasteiger partial charge in [-0.1, -0.05) is 78.9 Å². The molecule has 5 heterocycles. The lowest BCUT2D eigenvalue weighted by Gasteiger charge is -2.09. The van der Waals surface area contributed by atoms with Crippen molar-refractivity contribution in [2.45, 2.75) is 0 Å². The van der Waals surface area contributed by atoms with Gasteiger partial charge in [0.15, 0.2) is 0 Å². The van der Waals surface area contributed by atoms with Gasteiger partial charge in [0.1, 0.15) is 22.3 Å². The van der Waals surface area contributed by atoms with Crippen LogP contribution in [-0.4, -0.2) is 18.5 Å². The van der Waals surface area contributed by atoms with Crippen molar-refractivity contribution in [3.63, 3.8) is 0 Å². The predicted molar refractivity (Wildman–Crippen MR) is 224 cm³/mol. The van der Waals surface area contributed by atoms with Crippen LogP contribution in [0.15, 0.2) is 179 Å². The molecule has 0 aliphatic heterocycles. The van der Waals surface area contributed by atoms with E-state index < -0.39 is 0 Å². The molecular formula is C49H28N4O2. The third-order valence-corrected chi connectivity index (χ3v) is 11.4. The molecule has 0 N–H and O–H groups in total. The molecule has 0 saturated heterocycles. The van der Waals surface area contributed by atoms with Crippen LogP contribution in [0.25, 0.3) is 116 Å². The maximum atomic E-state index is 6.19.